The van der Waals surface area contributed by atoms with Gasteiger partial charge in [-0.05, 0) is 84.2 Å². The molecule has 0 saturated carbocycles. The lowest BCUT2D eigenvalue weighted by Gasteiger charge is -2.13. The van der Waals surface area contributed by atoms with Crippen LogP contribution in [0.15, 0.2) is 114 Å². The van der Waals surface area contributed by atoms with Gasteiger partial charge in [-0.25, -0.2) is 0 Å². The number of pyridine rings is 1. The summed E-state index contributed by atoms with van der Waals surface area (Å²) in [7, 11) is 0. The minimum absolute atomic E-state index is 0.114. The van der Waals surface area contributed by atoms with E-state index in [1.807, 2.05) is 102 Å². The van der Waals surface area contributed by atoms with Crippen LogP contribution in [0, 0.1) is 11.3 Å². The predicted octanol–water partition coefficient (Wildman–Crippen LogP) is 9.10. The van der Waals surface area contributed by atoms with E-state index in [9.17, 15) is 10.1 Å². The zero-order valence-corrected chi connectivity index (χ0v) is 22.8. The Morgan fingerprint density at radius 2 is 1.49 bits per heavy atom. The average molecular weight is 592 g/mol. The molecule has 0 aliphatic heterocycles. The Kier molecular flexibility index (Phi) is 6.54. The monoisotopic (exact) mass is 590 g/mol. The van der Waals surface area contributed by atoms with Gasteiger partial charge in [0.2, 0.25) is 0 Å². The molecule has 2 heterocycles. The molecular formula is C32H20BrClN4O. The van der Waals surface area contributed by atoms with Crippen LogP contribution in [0.1, 0.15) is 21.5 Å². The second-order valence-corrected chi connectivity index (χ2v) is 10.4. The Balaban J connectivity index is 1.65. The van der Waals surface area contributed by atoms with Crippen molar-refractivity contribution in [3.05, 3.63) is 136 Å². The zero-order chi connectivity index (χ0) is 26.9. The summed E-state index contributed by atoms with van der Waals surface area (Å²) >= 11 is 9.62. The van der Waals surface area contributed by atoms with Crippen molar-refractivity contribution in [2.75, 3.05) is 10.6 Å². The first-order chi connectivity index (χ1) is 19.0. The fourth-order valence-electron chi connectivity index (χ4n) is 4.67. The van der Waals surface area contributed by atoms with Crippen LogP contribution < -0.4 is 10.6 Å². The summed E-state index contributed by atoms with van der Waals surface area (Å²) in [6, 6.07) is 34.2. The minimum atomic E-state index is -0.114. The molecule has 0 aliphatic carbocycles. The molecule has 0 saturated heterocycles. The van der Waals surface area contributed by atoms with Crippen molar-refractivity contribution >= 4 is 72.5 Å². The van der Waals surface area contributed by atoms with Crippen LogP contribution in [0.5, 0.6) is 0 Å². The van der Waals surface area contributed by atoms with E-state index in [0.29, 0.717) is 33.2 Å². The second kappa shape index (κ2) is 10.3. The number of fused-ring (bicyclic) bond motifs is 3. The number of anilines is 4. The number of carbonyl (C=O) groups excluding carboxylic acids is 1. The van der Waals surface area contributed by atoms with E-state index in [2.05, 4.69) is 32.6 Å². The summed E-state index contributed by atoms with van der Waals surface area (Å²) in [5, 5.41) is 18.9. The van der Waals surface area contributed by atoms with E-state index >= 15 is 0 Å². The van der Waals surface area contributed by atoms with Crippen LogP contribution in [0.3, 0.4) is 0 Å². The van der Waals surface area contributed by atoms with Crippen molar-refractivity contribution < 1.29 is 4.79 Å². The Hall–Kier alpha value is -4.57. The van der Waals surface area contributed by atoms with Gasteiger partial charge in [0.15, 0.2) is 5.78 Å². The third kappa shape index (κ3) is 4.74. The Morgan fingerprint density at radius 1 is 0.821 bits per heavy atom. The number of nitrogens with one attached hydrogen (secondary N) is 2. The molecule has 0 fully saturated rings. The molecule has 0 amide bonds. The number of benzene rings is 4. The smallest absolute Gasteiger partial charge is 0.197 e. The number of ketones is 1. The fraction of sp³-hybridized carbons (Fsp3) is 0. The molecule has 4 aromatic carbocycles. The van der Waals surface area contributed by atoms with Gasteiger partial charge in [0.25, 0.3) is 0 Å². The third-order valence-electron chi connectivity index (χ3n) is 6.55. The Labute approximate surface area is 238 Å². The molecule has 0 aliphatic rings. The van der Waals surface area contributed by atoms with Crippen LogP contribution in [0.25, 0.3) is 16.3 Å². The third-order valence-corrected chi connectivity index (χ3v) is 7.33. The quantitative estimate of drug-likeness (QED) is 0.190. The van der Waals surface area contributed by atoms with Crippen LogP contribution >= 0.6 is 27.5 Å². The Morgan fingerprint density at radius 3 is 2.21 bits per heavy atom. The second-order valence-electron chi connectivity index (χ2n) is 9.00. The van der Waals surface area contributed by atoms with Gasteiger partial charge >= 0.3 is 0 Å². The molecule has 188 valence electrons. The van der Waals surface area contributed by atoms with Gasteiger partial charge in [-0.2, -0.15) is 5.26 Å². The number of nitriles is 1. The lowest BCUT2D eigenvalue weighted by atomic mass is 10.0. The first kappa shape index (κ1) is 24.7. The number of hydrogen-bond donors (Lipinski definition) is 2. The summed E-state index contributed by atoms with van der Waals surface area (Å²) < 4.78 is 2.90. The molecule has 2 N–H and O–H groups in total. The maximum Gasteiger partial charge on any atom is 0.197 e. The number of carbonyl (C=O) groups is 1. The van der Waals surface area contributed by atoms with Crippen molar-refractivity contribution in [3.63, 3.8) is 0 Å². The maximum absolute atomic E-state index is 14.3. The molecule has 6 aromatic rings. The highest BCUT2D eigenvalue weighted by atomic mass is 79.9. The highest BCUT2D eigenvalue weighted by Crippen LogP contribution is 2.41. The normalized spacial score (nSPS) is 10.9. The van der Waals surface area contributed by atoms with Crippen LogP contribution in [0.4, 0.5) is 22.9 Å². The van der Waals surface area contributed by atoms with Crippen LogP contribution in [-0.2, 0) is 0 Å². The molecule has 0 bridgehead atoms. The molecule has 0 spiro atoms. The van der Waals surface area contributed by atoms with Gasteiger partial charge < -0.3 is 15.0 Å². The lowest BCUT2D eigenvalue weighted by molar-refractivity contribution is 0.104. The van der Waals surface area contributed by atoms with Gasteiger partial charge in [-0.3, -0.25) is 4.79 Å². The minimum Gasteiger partial charge on any atom is -0.352 e. The largest absolute Gasteiger partial charge is 0.352 e. The van der Waals surface area contributed by atoms with Crippen LogP contribution in [-0.4, -0.2) is 10.2 Å². The zero-order valence-electron chi connectivity index (χ0n) is 20.5. The molecular weight excluding hydrogens is 572 g/mol. The summed E-state index contributed by atoms with van der Waals surface area (Å²) in [6.45, 7) is 0. The number of hydrogen-bond acceptors (Lipinski definition) is 4. The Bertz CT molecular complexity index is 1890. The van der Waals surface area contributed by atoms with Gasteiger partial charge in [-0.1, -0.05) is 51.8 Å². The van der Waals surface area contributed by atoms with Crippen molar-refractivity contribution in [3.8, 4) is 6.07 Å². The van der Waals surface area contributed by atoms with Gasteiger partial charge in [0.1, 0.15) is 5.82 Å². The number of aromatic nitrogens is 1. The predicted molar refractivity (Wildman–Crippen MR) is 162 cm³/mol. The van der Waals surface area contributed by atoms with E-state index in [-0.39, 0.29) is 5.78 Å². The number of nitrogens with zero attached hydrogens (tertiary/aromatic N) is 2. The fourth-order valence-corrected chi connectivity index (χ4v) is 5.06. The molecule has 7 heteroatoms. The van der Waals surface area contributed by atoms with Crippen molar-refractivity contribution in [2.45, 2.75) is 0 Å². The van der Waals surface area contributed by atoms with E-state index in [1.165, 1.54) is 0 Å². The molecule has 2 aromatic heterocycles. The highest BCUT2D eigenvalue weighted by Gasteiger charge is 2.26. The summed E-state index contributed by atoms with van der Waals surface area (Å²) in [5.74, 6) is 0.583. The topological polar surface area (TPSA) is 69.3 Å². The lowest BCUT2D eigenvalue weighted by Crippen LogP contribution is -2.05. The summed E-state index contributed by atoms with van der Waals surface area (Å²) in [4.78, 5) is 14.3. The SMILES string of the molecule is N#Cc1ccc(Nc2c(C(=O)c3ccc(Br)cc3)c3c4ccccc4ccn3c2Nc2ccc(Cl)cc2)cc1. The molecule has 0 atom stereocenters. The molecule has 5 nitrogen and oxygen atoms in total. The van der Waals surface area contributed by atoms with E-state index in [0.717, 1.165) is 32.1 Å². The van der Waals surface area contributed by atoms with E-state index in [4.69, 9.17) is 11.6 Å². The van der Waals surface area contributed by atoms with Gasteiger partial charge in [0, 0.05) is 38.0 Å². The summed E-state index contributed by atoms with van der Waals surface area (Å²) in [5.41, 5.74) is 4.64. The van der Waals surface area contributed by atoms with Crippen molar-refractivity contribution in [1.82, 2.24) is 4.40 Å². The maximum atomic E-state index is 14.3. The van der Waals surface area contributed by atoms with Crippen molar-refractivity contribution in [2.24, 2.45) is 0 Å². The standard InChI is InChI=1S/C32H20BrClN4O/c33-23-9-7-22(8-10-23)31(39)28-29(36-25-13-5-20(19-35)6-14-25)32(37-26-15-11-24(34)12-16-26)38-18-17-21-3-1-2-4-27(21)30(28)38/h1-18,36-37H. The van der Waals surface area contributed by atoms with Crippen molar-refractivity contribution in [1.29, 1.82) is 5.26 Å². The molecule has 0 unspecified atom stereocenters. The average Bonchev–Trinajstić information content (AvgIpc) is 3.27. The first-order valence-corrected chi connectivity index (χ1v) is 13.3. The molecule has 0 radical (unpaired) electrons. The van der Waals surface area contributed by atoms with Gasteiger partial charge in [0.05, 0.1) is 28.4 Å². The van der Waals surface area contributed by atoms with E-state index < -0.39 is 0 Å². The number of rotatable bonds is 6. The first-order valence-electron chi connectivity index (χ1n) is 12.2. The van der Waals surface area contributed by atoms with E-state index in [1.54, 1.807) is 12.1 Å². The highest BCUT2D eigenvalue weighted by molar-refractivity contribution is 9.10. The molecule has 6 rings (SSSR count). The number of halogens is 2. The summed E-state index contributed by atoms with van der Waals surface area (Å²) in [6.07, 6.45) is 1.97. The van der Waals surface area contributed by atoms with Crippen LogP contribution in [0.2, 0.25) is 5.02 Å². The van der Waals surface area contributed by atoms with Gasteiger partial charge in [-0.15, -0.1) is 0 Å². The molecule has 39 heavy (non-hydrogen) atoms.